The smallest absolute Gasteiger partial charge is 0.00122 e. The van der Waals surface area contributed by atoms with Crippen LogP contribution in [0.2, 0.25) is 0 Å². The topological polar surface area (TPSA) is 12.0 Å². The van der Waals surface area contributed by atoms with Gasteiger partial charge in [-0.05, 0) is 49.8 Å². The van der Waals surface area contributed by atoms with Crippen molar-refractivity contribution in [1.29, 1.82) is 0 Å². The molecule has 1 heteroatoms. The van der Waals surface area contributed by atoms with E-state index < -0.39 is 0 Å². The van der Waals surface area contributed by atoms with E-state index in [1.54, 1.807) is 0 Å². The largest absolute Gasteiger partial charge is 0.316 e. The Bertz CT molecular complexity index is 331. The summed E-state index contributed by atoms with van der Waals surface area (Å²) < 4.78 is 0. The van der Waals surface area contributed by atoms with Gasteiger partial charge in [-0.3, -0.25) is 0 Å². The van der Waals surface area contributed by atoms with Crippen molar-refractivity contribution in [1.82, 2.24) is 5.32 Å². The van der Waals surface area contributed by atoms with Crippen molar-refractivity contribution in [3.63, 3.8) is 0 Å². The van der Waals surface area contributed by atoms with Gasteiger partial charge in [0, 0.05) is 0 Å². The molecule has 2 rings (SSSR count). The second kappa shape index (κ2) is 4.58. The first-order valence-electron chi connectivity index (χ1n) is 6.38. The Kier molecular flexibility index (Phi) is 3.34. The summed E-state index contributed by atoms with van der Waals surface area (Å²) in [6.45, 7) is 9.28. The quantitative estimate of drug-likeness (QED) is 0.801. The average Bonchev–Trinajstić information content (AvgIpc) is 2.31. The molecule has 1 N–H and O–H groups in total. The van der Waals surface area contributed by atoms with Gasteiger partial charge in [0.15, 0.2) is 0 Å². The van der Waals surface area contributed by atoms with Crippen LogP contribution in [0, 0.1) is 12.8 Å². The van der Waals surface area contributed by atoms with E-state index in [0.29, 0.717) is 5.41 Å². The Labute approximate surface area is 99.3 Å². The van der Waals surface area contributed by atoms with Gasteiger partial charge in [-0.2, -0.15) is 0 Å². The molecule has 1 aromatic rings. The molecule has 0 saturated carbocycles. The molecule has 1 fully saturated rings. The number of hydrogen-bond acceptors (Lipinski definition) is 1. The lowest BCUT2D eigenvalue weighted by atomic mass is 9.70. The SMILES string of the molecule is Cc1ccc(C(C)(C)C2CCCNC2)cc1. The van der Waals surface area contributed by atoms with Crippen LogP contribution in [-0.4, -0.2) is 13.1 Å². The van der Waals surface area contributed by atoms with Gasteiger partial charge in [-0.1, -0.05) is 43.7 Å². The molecule has 1 unspecified atom stereocenters. The average molecular weight is 217 g/mol. The van der Waals surface area contributed by atoms with E-state index in [1.807, 2.05) is 0 Å². The van der Waals surface area contributed by atoms with Crippen LogP contribution in [-0.2, 0) is 5.41 Å². The fraction of sp³-hybridized carbons (Fsp3) is 0.600. The van der Waals surface area contributed by atoms with Crippen molar-refractivity contribution in [3.8, 4) is 0 Å². The molecule has 1 heterocycles. The highest BCUT2D eigenvalue weighted by Gasteiger charge is 2.31. The number of hydrogen-bond donors (Lipinski definition) is 1. The second-order valence-electron chi connectivity index (χ2n) is 5.63. The minimum atomic E-state index is 0.293. The zero-order chi connectivity index (χ0) is 11.6. The van der Waals surface area contributed by atoms with Crippen molar-refractivity contribution in [3.05, 3.63) is 35.4 Å². The fourth-order valence-electron chi connectivity index (χ4n) is 2.69. The van der Waals surface area contributed by atoms with Crippen LogP contribution in [0.15, 0.2) is 24.3 Å². The summed E-state index contributed by atoms with van der Waals surface area (Å²) >= 11 is 0. The lowest BCUT2D eigenvalue weighted by Crippen LogP contribution is -2.40. The Morgan fingerprint density at radius 2 is 1.88 bits per heavy atom. The molecule has 1 aliphatic rings. The molecule has 1 saturated heterocycles. The standard InChI is InChI=1S/C15H23N/c1-12-6-8-13(9-7-12)15(2,3)14-5-4-10-16-11-14/h6-9,14,16H,4-5,10-11H2,1-3H3. The molecule has 1 aliphatic heterocycles. The summed E-state index contributed by atoms with van der Waals surface area (Å²) in [6.07, 6.45) is 2.67. The Hall–Kier alpha value is -0.820. The maximum absolute atomic E-state index is 3.52. The molecular formula is C15H23N. The van der Waals surface area contributed by atoms with Crippen LogP contribution < -0.4 is 5.32 Å². The van der Waals surface area contributed by atoms with E-state index in [-0.39, 0.29) is 0 Å². The highest BCUT2D eigenvalue weighted by atomic mass is 14.9. The minimum absolute atomic E-state index is 0.293. The number of piperidine rings is 1. The number of aryl methyl sites for hydroxylation is 1. The number of benzene rings is 1. The molecule has 0 aromatic heterocycles. The van der Waals surface area contributed by atoms with Crippen molar-refractivity contribution >= 4 is 0 Å². The molecule has 0 bridgehead atoms. The summed E-state index contributed by atoms with van der Waals surface area (Å²) in [5.74, 6) is 0.768. The third-order valence-electron chi connectivity index (χ3n) is 4.11. The van der Waals surface area contributed by atoms with Gasteiger partial charge in [0.1, 0.15) is 0 Å². The lowest BCUT2D eigenvalue weighted by molar-refractivity contribution is 0.252. The van der Waals surface area contributed by atoms with Crippen molar-refractivity contribution < 1.29 is 0 Å². The van der Waals surface area contributed by atoms with E-state index >= 15 is 0 Å². The summed E-state index contributed by atoms with van der Waals surface area (Å²) in [4.78, 5) is 0. The van der Waals surface area contributed by atoms with E-state index in [0.717, 1.165) is 5.92 Å². The van der Waals surface area contributed by atoms with Crippen molar-refractivity contribution in [2.24, 2.45) is 5.92 Å². The second-order valence-corrected chi connectivity index (χ2v) is 5.63. The Morgan fingerprint density at radius 1 is 1.19 bits per heavy atom. The zero-order valence-electron chi connectivity index (χ0n) is 10.7. The maximum Gasteiger partial charge on any atom is -0.00122 e. The molecule has 0 spiro atoms. The van der Waals surface area contributed by atoms with Crippen LogP contribution in [0.25, 0.3) is 0 Å². The molecule has 0 amide bonds. The third-order valence-corrected chi connectivity index (χ3v) is 4.11. The van der Waals surface area contributed by atoms with E-state index in [2.05, 4.69) is 50.4 Å². The minimum Gasteiger partial charge on any atom is -0.316 e. The molecule has 1 nitrogen and oxygen atoms in total. The first-order chi connectivity index (χ1) is 7.60. The van der Waals surface area contributed by atoms with Gasteiger partial charge in [-0.15, -0.1) is 0 Å². The van der Waals surface area contributed by atoms with Gasteiger partial charge in [-0.25, -0.2) is 0 Å². The van der Waals surface area contributed by atoms with Crippen LogP contribution in [0.5, 0.6) is 0 Å². The van der Waals surface area contributed by atoms with Crippen LogP contribution in [0.3, 0.4) is 0 Å². The van der Waals surface area contributed by atoms with Gasteiger partial charge in [0.05, 0.1) is 0 Å². The summed E-state index contributed by atoms with van der Waals surface area (Å²) in [5.41, 5.74) is 3.12. The van der Waals surface area contributed by atoms with E-state index in [4.69, 9.17) is 0 Å². The van der Waals surface area contributed by atoms with E-state index in [1.165, 1.54) is 37.1 Å². The van der Waals surface area contributed by atoms with Gasteiger partial charge >= 0.3 is 0 Å². The lowest BCUT2D eigenvalue weighted by Gasteiger charge is -2.38. The number of nitrogens with one attached hydrogen (secondary N) is 1. The summed E-state index contributed by atoms with van der Waals surface area (Å²) in [5, 5.41) is 3.52. The summed E-state index contributed by atoms with van der Waals surface area (Å²) in [6, 6.07) is 9.05. The first kappa shape index (κ1) is 11.7. The molecule has 1 aromatic carbocycles. The predicted octanol–water partition coefficient (Wildman–Crippen LogP) is 3.27. The Morgan fingerprint density at radius 3 is 2.44 bits per heavy atom. The normalized spacial score (nSPS) is 22.1. The van der Waals surface area contributed by atoms with Gasteiger partial charge in [0.2, 0.25) is 0 Å². The van der Waals surface area contributed by atoms with Crippen molar-refractivity contribution in [2.45, 2.75) is 39.0 Å². The molecular weight excluding hydrogens is 194 g/mol. The molecule has 0 aliphatic carbocycles. The number of rotatable bonds is 2. The van der Waals surface area contributed by atoms with Gasteiger partial charge in [0.25, 0.3) is 0 Å². The summed E-state index contributed by atoms with van der Waals surface area (Å²) in [7, 11) is 0. The first-order valence-corrected chi connectivity index (χ1v) is 6.38. The Balaban J connectivity index is 2.19. The predicted molar refractivity (Wildman–Crippen MR) is 69.8 cm³/mol. The van der Waals surface area contributed by atoms with E-state index in [9.17, 15) is 0 Å². The maximum atomic E-state index is 3.52. The molecule has 88 valence electrons. The highest BCUT2D eigenvalue weighted by Crippen LogP contribution is 2.35. The molecule has 16 heavy (non-hydrogen) atoms. The third kappa shape index (κ3) is 2.30. The molecule has 0 radical (unpaired) electrons. The van der Waals surface area contributed by atoms with Crippen molar-refractivity contribution in [2.75, 3.05) is 13.1 Å². The van der Waals surface area contributed by atoms with Crippen LogP contribution in [0.1, 0.15) is 37.8 Å². The van der Waals surface area contributed by atoms with Crippen LogP contribution in [0.4, 0.5) is 0 Å². The monoisotopic (exact) mass is 217 g/mol. The van der Waals surface area contributed by atoms with Crippen LogP contribution >= 0.6 is 0 Å². The fourth-order valence-corrected chi connectivity index (χ4v) is 2.69. The highest BCUT2D eigenvalue weighted by molar-refractivity contribution is 5.28. The van der Waals surface area contributed by atoms with Gasteiger partial charge < -0.3 is 5.32 Å². The molecule has 1 atom stereocenters. The zero-order valence-corrected chi connectivity index (χ0v) is 10.7.